The highest BCUT2D eigenvalue weighted by atomic mass is 79.9. The van der Waals surface area contributed by atoms with Gasteiger partial charge in [-0.3, -0.25) is 0 Å². The Labute approximate surface area is 118 Å². The molecule has 0 bridgehead atoms. The Morgan fingerprint density at radius 2 is 2.00 bits per heavy atom. The molecule has 0 aliphatic carbocycles. The van der Waals surface area contributed by atoms with Crippen molar-refractivity contribution in [1.82, 2.24) is 4.72 Å². The molecule has 0 aromatic heterocycles. The van der Waals surface area contributed by atoms with Crippen LogP contribution in [0.5, 0.6) is 0 Å². The third kappa shape index (κ3) is 4.37. The highest BCUT2D eigenvalue weighted by molar-refractivity contribution is 9.09. The summed E-state index contributed by atoms with van der Waals surface area (Å²) in [6.45, 7) is 6.30. The van der Waals surface area contributed by atoms with Crippen LogP contribution < -0.4 is 4.72 Å². The lowest BCUT2D eigenvalue weighted by Crippen LogP contribution is -2.26. The van der Waals surface area contributed by atoms with Crippen LogP contribution in [0.2, 0.25) is 0 Å². The quantitative estimate of drug-likeness (QED) is 0.813. The molecule has 102 valence electrons. The molecule has 5 heteroatoms. The second-order valence-corrected chi connectivity index (χ2v) is 7.49. The number of nitrogens with one attached hydrogen (secondary N) is 1. The number of halogens is 1. The summed E-state index contributed by atoms with van der Waals surface area (Å²) in [5.41, 5.74) is 1.85. The van der Waals surface area contributed by atoms with Gasteiger partial charge in [0, 0.05) is 11.4 Å². The van der Waals surface area contributed by atoms with Crippen LogP contribution in [-0.4, -0.2) is 19.8 Å². The van der Waals surface area contributed by atoms with Gasteiger partial charge in [-0.25, -0.2) is 13.1 Å². The Hall–Kier alpha value is -0.390. The molecule has 0 fully saturated rings. The number of rotatable bonds is 6. The van der Waals surface area contributed by atoms with Gasteiger partial charge in [0.1, 0.15) is 0 Å². The minimum atomic E-state index is -3.38. The van der Waals surface area contributed by atoms with Gasteiger partial charge >= 0.3 is 0 Å². The summed E-state index contributed by atoms with van der Waals surface area (Å²) >= 11 is 3.49. The predicted octanol–water partition coefficient (Wildman–Crippen LogP) is 3.15. The average molecular weight is 334 g/mol. The zero-order valence-electron chi connectivity index (χ0n) is 11.0. The first-order chi connectivity index (χ1) is 8.36. The van der Waals surface area contributed by atoms with E-state index in [9.17, 15) is 8.42 Å². The van der Waals surface area contributed by atoms with Crippen molar-refractivity contribution in [3.63, 3.8) is 0 Å². The lowest BCUT2D eigenvalue weighted by molar-refractivity contribution is 0.577. The van der Waals surface area contributed by atoms with Crippen LogP contribution in [-0.2, 0) is 10.0 Å². The molecule has 1 rings (SSSR count). The third-order valence-electron chi connectivity index (χ3n) is 2.81. The smallest absolute Gasteiger partial charge is 0.211 e. The van der Waals surface area contributed by atoms with E-state index in [4.69, 9.17) is 0 Å². The number of hydrogen-bond donors (Lipinski definition) is 1. The van der Waals surface area contributed by atoms with Crippen LogP contribution in [0.4, 0.5) is 0 Å². The molecule has 0 aliphatic rings. The van der Waals surface area contributed by atoms with E-state index in [2.05, 4.69) is 27.6 Å². The molecule has 0 radical (unpaired) electrons. The number of alkyl halides is 1. The second kappa shape index (κ2) is 6.68. The summed E-state index contributed by atoms with van der Waals surface area (Å²) < 4.78 is 26.9. The molecular weight excluding hydrogens is 314 g/mol. The average Bonchev–Trinajstić information content (AvgIpc) is 2.27. The highest BCUT2D eigenvalue weighted by Gasteiger charge is 2.16. The van der Waals surface area contributed by atoms with E-state index in [0.29, 0.717) is 16.3 Å². The molecule has 1 N–H and O–H groups in total. The lowest BCUT2D eigenvalue weighted by Gasteiger charge is -2.11. The van der Waals surface area contributed by atoms with Gasteiger partial charge in [0.2, 0.25) is 10.0 Å². The van der Waals surface area contributed by atoms with E-state index < -0.39 is 10.0 Å². The molecule has 0 spiro atoms. The third-order valence-corrected chi connectivity index (χ3v) is 5.54. The maximum atomic E-state index is 12.1. The Bertz CT molecular complexity index is 500. The van der Waals surface area contributed by atoms with Crippen molar-refractivity contribution in [2.75, 3.05) is 6.54 Å². The first-order valence-electron chi connectivity index (χ1n) is 6.07. The van der Waals surface area contributed by atoms with E-state index in [1.54, 1.807) is 6.07 Å². The molecule has 1 unspecified atom stereocenters. The van der Waals surface area contributed by atoms with Gasteiger partial charge < -0.3 is 0 Å². The van der Waals surface area contributed by atoms with Crippen molar-refractivity contribution in [3.05, 3.63) is 29.3 Å². The van der Waals surface area contributed by atoms with Gasteiger partial charge in [-0.2, -0.15) is 0 Å². The summed E-state index contributed by atoms with van der Waals surface area (Å²) in [5.74, 6) is 0. The standard InChI is InChI=1S/C13H20BrNO2S/c1-4-12(14)7-8-15-18(16,17)13-6-5-10(2)9-11(13)3/h5-6,9,12,15H,4,7-8H2,1-3H3. The summed E-state index contributed by atoms with van der Waals surface area (Å²) in [6, 6.07) is 5.37. The lowest BCUT2D eigenvalue weighted by atomic mass is 10.2. The van der Waals surface area contributed by atoms with E-state index >= 15 is 0 Å². The predicted molar refractivity (Wildman–Crippen MR) is 78.7 cm³/mol. The molecule has 0 saturated heterocycles. The maximum Gasteiger partial charge on any atom is 0.240 e. The fourth-order valence-electron chi connectivity index (χ4n) is 1.73. The van der Waals surface area contributed by atoms with Crippen LogP contribution in [0.25, 0.3) is 0 Å². The molecule has 0 saturated carbocycles. The molecule has 3 nitrogen and oxygen atoms in total. The fraction of sp³-hybridized carbons (Fsp3) is 0.538. The van der Waals surface area contributed by atoms with Crippen LogP contribution in [0.3, 0.4) is 0 Å². The van der Waals surface area contributed by atoms with E-state index in [-0.39, 0.29) is 0 Å². The van der Waals surface area contributed by atoms with Crippen LogP contribution in [0.15, 0.2) is 23.1 Å². The molecule has 1 aromatic carbocycles. The summed E-state index contributed by atoms with van der Waals surface area (Å²) in [5, 5.41) is 0. The van der Waals surface area contributed by atoms with Crippen molar-refractivity contribution in [1.29, 1.82) is 0 Å². The minimum absolute atomic E-state index is 0.360. The van der Waals surface area contributed by atoms with Crippen LogP contribution in [0.1, 0.15) is 30.9 Å². The second-order valence-electron chi connectivity index (χ2n) is 4.46. The molecule has 1 aromatic rings. The topological polar surface area (TPSA) is 46.2 Å². The van der Waals surface area contributed by atoms with Crippen molar-refractivity contribution < 1.29 is 8.42 Å². The highest BCUT2D eigenvalue weighted by Crippen LogP contribution is 2.16. The summed E-state index contributed by atoms with van der Waals surface area (Å²) in [4.78, 5) is 0.732. The Kier molecular flexibility index (Phi) is 5.82. The number of benzene rings is 1. The Balaban J connectivity index is 2.74. The molecule has 0 heterocycles. The Morgan fingerprint density at radius 1 is 1.33 bits per heavy atom. The monoisotopic (exact) mass is 333 g/mol. The molecule has 0 amide bonds. The number of sulfonamides is 1. The van der Waals surface area contributed by atoms with Gasteiger partial charge in [-0.05, 0) is 38.3 Å². The minimum Gasteiger partial charge on any atom is -0.211 e. The Morgan fingerprint density at radius 3 is 2.56 bits per heavy atom. The van der Waals surface area contributed by atoms with Crippen molar-refractivity contribution >= 4 is 26.0 Å². The normalized spacial score (nSPS) is 13.6. The first-order valence-corrected chi connectivity index (χ1v) is 8.47. The molecule has 18 heavy (non-hydrogen) atoms. The van der Waals surface area contributed by atoms with Crippen LogP contribution >= 0.6 is 15.9 Å². The van der Waals surface area contributed by atoms with Crippen molar-refractivity contribution in [2.45, 2.75) is 43.3 Å². The summed E-state index contributed by atoms with van der Waals surface area (Å²) in [7, 11) is -3.38. The largest absolute Gasteiger partial charge is 0.240 e. The summed E-state index contributed by atoms with van der Waals surface area (Å²) in [6.07, 6.45) is 1.78. The van der Waals surface area contributed by atoms with Crippen molar-refractivity contribution in [3.8, 4) is 0 Å². The maximum absolute atomic E-state index is 12.1. The zero-order valence-corrected chi connectivity index (χ0v) is 13.4. The SMILES string of the molecule is CCC(Br)CCNS(=O)(=O)c1ccc(C)cc1C. The van der Waals surface area contributed by atoms with E-state index in [1.165, 1.54) is 0 Å². The van der Waals surface area contributed by atoms with Crippen molar-refractivity contribution in [2.24, 2.45) is 0 Å². The first kappa shape index (κ1) is 15.7. The van der Waals surface area contributed by atoms with Crippen LogP contribution in [0, 0.1) is 13.8 Å². The number of hydrogen-bond acceptors (Lipinski definition) is 2. The van der Waals surface area contributed by atoms with Gasteiger partial charge in [-0.1, -0.05) is 40.5 Å². The van der Waals surface area contributed by atoms with Gasteiger partial charge in [0.15, 0.2) is 0 Å². The number of aryl methyl sites for hydroxylation is 2. The van der Waals surface area contributed by atoms with Gasteiger partial charge in [0.05, 0.1) is 4.90 Å². The fourth-order valence-corrected chi connectivity index (χ4v) is 3.23. The van der Waals surface area contributed by atoms with Gasteiger partial charge in [0.25, 0.3) is 0 Å². The molecular formula is C13H20BrNO2S. The van der Waals surface area contributed by atoms with E-state index in [1.807, 2.05) is 26.0 Å². The zero-order chi connectivity index (χ0) is 13.8. The molecule has 0 aliphatic heterocycles. The van der Waals surface area contributed by atoms with E-state index in [0.717, 1.165) is 24.0 Å². The van der Waals surface area contributed by atoms with Gasteiger partial charge in [-0.15, -0.1) is 0 Å². The molecule has 1 atom stereocenters.